The van der Waals surface area contributed by atoms with Gasteiger partial charge in [-0.2, -0.15) is 0 Å². The van der Waals surface area contributed by atoms with Crippen LogP contribution in [0.15, 0.2) is 0 Å². The Kier molecular flexibility index (Phi) is 17.2. The number of hydrogen-bond donors (Lipinski definition) is 2. The molecule has 0 spiro atoms. The summed E-state index contributed by atoms with van der Waals surface area (Å²) in [6.07, 6.45) is 0.554. The van der Waals surface area contributed by atoms with Gasteiger partial charge in [-0.15, -0.1) is 5.06 Å². The number of nitrogens with one attached hydrogen (secondary N) is 1. The number of carbonyl (C=O) groups is 6. The van der Waals surface area contributed by atoms with E-state index in [1.165, 1.54) is 11.8 Å². The van der Waals surface area contributed by atoms with Crippen molar-refractivity contribution >= 4 is 35.6 Å². The smallest absolute Gasteiger partial charge is 0.347 e. The van der Waals surface area contributed by atoms with E-state index < -0.39 is 29.7 Å². The summed E-state index contributed by atoms with van der Waals surface area (Å²) < 4.78 is 20.7. The first-order valence-corrected chi connectivity index (χ1v) is 12.3. The van der Waals surface area contributed by atoms with Crippen molar-refractivity contribution in [3.05, 3.63) is 0 Å². The van der Waals surface area contributed by atoms with Crippen molar-refractivity contribution in [3.63, 3.8) is 0 Å². The second-order valence-corrected chi connectivity index (χ2v) is 8.03. The van der Waals surface area contributed by atoms with Crippen molar-refractivity contribution in [2.24, 2.45) is 0 Å². The highest BCUT2D eigenvalue weighted by Gasteiger charge is 2.33. The number of nitrogens with zero attached hydrogens (tertiary/aromatic N) is 2. The highest BCUT2D eigenvalue weighted by Crippen LogP contribution is 2.12. The molecule has 38 heavy (non-hydrogen) atoms. The van der Waals surface area contributed by atoms with E-state index in [-0.39, 0.29) is 71.0 Å². The van der Waals surface area contributed by atoms with Gasteiger partial charge in [0.05, 0.1) is 33.0 Å². The molecule has 1 aliphatic rings. The maximum Gasteiger partial charge on any atom is 0.347 e. The molecule has 216 valence electrons. The summed E-state index contributed by atoms with van der Waals surface area (Å²) in [6, 6.07) is 0. The van der Waals surface area contributed by atoms with Crippen LogP contribution in [0.2, 0.25) is 0 Å². The standard InChI is InChI=1S/C23H37N3O12/c1-18(28)36-13-8-25(17-23(33)38-26-20(30)4-5-21(26)31)9-14-37-22(32)3-2-11-34-15-16-35-12-7-24-19(29)6-10-27/h27H,2-17H2,1H3,(H,24,29). The summed E-state index contributed by atoms with van der Waals surface area (Å²) in [5.74, 6) is -3.25. The van der Waals surface area contributed by atoms with Crippen LogP contribution in [0.4, 0.5) is 0 Å². The average Bonchev–Trinajstić information content (AvgIpc) is 3.17. The fraction of sp³-hybridized carbons (Fsp3) is 0.739. The number of hydroxylamine groups is 2. The van der Waals surface area contributed by atoms with E-state index in [0.29, 0.717) is 44.5 Å². The lowest BCUT2D eigenvalue weighted by Crippen LogP contribution is -2.40. The van der Waals surface area contributed by atoms with Crippen LogP contribution < -0.4 is 5.32 Å². The minimum Gasteiger partial charge on any atom is -0.465 e. The Bertz CT molecular complexity index is 776. The summed E-state index contributed by atoms with van der Waals surface area (Å²) in [5, 5.41) is 11.6. The Balaban J connectivity index is 2.18. The van der Waals surface area contributed by atoms with Crippen LogP contribution in [0, 0.1) is 0 Å². The zero-order chi connectivity index (χ0) is 28.2. The topological polar surface area (TPSA) is 187 Å². The third-order valence-corrected chi connectivity index (χ3v) is 4.88. The lowest BCUT2D eigenvalue weighted by Gasteiger charge is -2.22. The van der Waals surface area contributed by atoms with Crippen LogP contribution >= 0.6 is 0 Å². The lowest BCUT2D eigenvalue weighted by atomic mass is 10.3. The summed E-state index contributed by atoms with van der Waals surface area (Å²) in [6.45, 7) is 2.54. The first-order valence-electron chi connectivity index (χ1n) is 12.3. The Morgan fingerprint density at radius 3 is 2.13 bits per heavy atom. The van der Waals surface area contributed by atoms with Gasteiger partial charge in [-0.05, 0) is 6.42 Å². The fourth-order valence-corrected chi connectivity index (χ4v) is 3.01. The fourth-order valence-electron chi connectivity index (χ4n) is 3.01. The minimum absolute atomic E-state index is 0.0163. The third kappa shape index (κ3) is 15.9. The van der Waals surface area contributed by atoms with Crippen LogP contribution in [0.5, 0.6) is 0 Å². The molecule has 1 fully saturated rings. The molecule has 3 amide bonds. The molecule has 15 heteroatoms. The van der Waals surface area contributed by atoms with Crippen molar-refractivity contribution in [3.8, 4) is 0 Å². The quantitative estimate of drug-likeness (QED) is 0.0942. The second-order valence-electron chi connectivity index (χ2n) is 8.03. The molecule has 0 radical (unpaired) electrons. The molecule has 15 nitrogen and oxygen atoms in total. The van der Waals surface area contributed by atoms with E-state index in [2.05, 4.69) is 5.32 Å². The van der Waals surface area contributed by atoms with Crippen LogP contribution in [0.25, 0.3) is 0 Å². The number of hydrogen-bond acceptors (Lipinski definition) is 13. The van der Waals surface area contributed by atoms with Crippen LogP contribution in [-0.4, -0.2) is 123 Å². The molecule has 0 atom stereocenters. The third-order valence-electron chi connectivity index (χ3n) is 4.88. The molecule has 1 aliphatic heterocycles. The number of aliphatic hydroxyl groups excluding tert-OH is 1. The van der Waals surface area contributed by atoms with E-state index in [0.717, 1.165) is 0 Å². The molecule has 1 rings (SSSR count). The highest BCUT2D eigenvalue weighted by molar-refractivity contribution is 6.01. The van der Waals surface area contributed by atoms with Gasteiger partial charge in [0, 0.05) is 58.8 Å². The molecule has 0 unspecified atom stereocenters. The molecule has 0 aromatic rings. The first kappa shape index (κ1) is 32.9. The summed E-state index contributed by atoms with van der Waals surface area (Å²) in [7, 11) is 0. The van der Waals surface area contributed by atoms with Crippen molar-refractivity contribution in [2.75, 3.05) is 72.4 Å². The van der Waals surface area contributed by atoms with Crippen molar-refractivity contribution in [2.45, 2.75) is 39.0 Å². The van der Waals surface area contributed by atoms with Crippen LogP contribution in [0.3, 0.4) is 0 Å². The molecule has 0 saturated carbocycles. The minimum atomic E-state index is -0.852. The van der Waals surface area contributed by atoms with Gasteiger partial charge in [-0.3, -0.25) is 28.9 Å². The monoisotopic (exact) mass is 547 g/mol. The van der Waals surface area contributed by atoms with Gasteiger partial charge in [0.2, 0.25) is 5.91 Å². The van der Waals surface area contributed by atoms with Crippen molar-refractivity contribution in [1.29, 1.82) is 0 Å². The van der Waals surface area contributed by atoms with Gasteiger partial charge >= 0.3 is 17.9 Å². The molecule has 1 saturated heterocycles. The summed E-state index contributed by atoms with van der Waals surface area (Å²) >= 11 is 0. The molecular weight excluding hydrogens is 510 g/mol. The maximum absolute atomic E-state index is 12.2. The van der Waals surface area contributed by atoms with Gasteiger partial charge in [0.1, 0.15) is 13.2 Å². The molecule has 0 aromatic heterocycles. The Labute approximate surface area is 220 Å². The first-order chi connectivity index (χ1) is 18.2. The summed E-state index contributed by atoms with van der Waals surface area (Å²) in [4.78, 5) is 75.8. The van der Waals surface area contributed by atoms with Crippen LogP contribution in [0.1, 0.15) is 39.0 Å². The predicted octanol–water partition coefficient (Wildman–Crippen LogP) is -1.69. The number of carbonyl (C=O) groups excluding carboxylic acids is 6. The molecule has 2 N–H and O–H groups in total. The van der Waals surface area contributed by atoms with E-state index >= 15 is 0 Å². The van der Waals surface area contributed by atoms with E-state index in [9.17, 15) is 28.8 Å². The zero-order valence-electron chi connectivity index (χ0n) is 21.6. The molecule has 0 aliphatic carbocycles. The number of ether oxygens (including phenoxy) is 4. The number of imide groups is 1. The van der Waals surface area contributed by atoms with Gasteiger partial charge < -0.3 is 34.2 Å². The average molecular weight is 548 g/mol. The number of rotatable bonds is 21. The van der Waals surface area contributed by atoms with E-state index in [1.807, 2.05) is 0 Å². The zero-order valence-corrected chi connectivity index (χ0v) is 21.6. The second kappa shape index (κ2) is 19.9. The van der Waals surface area contributed by atoms with Crippen LogP contribution in [-0.2, 0) is 52.6 Å². The van der Waals surface area contributed by atoms with E-state index in [1.54, 1.807) is 0 Å². The highest BCUT2D eigenvalue weighted by atomic mass is 16.7. The molecule has 0 aromatic carbocycles. The van der Waals surface area contributed by atoms with Gasteiger partial charge in [0.25, 0.3) is 11.8 Å². The van der Waals surface area contributed by atoms with E-state index in [4.69, 9.17) is 28.9 Å². The predicted molar refractivity (Wildman–Crippen MR) is 127 cm³/mol. The number of amides is 3. The molecule has 1 heterocycles. The van der Waals surface area contributed by atoms with Gasteiger partial charge in [-0.25, -0.2) is 4.79 Å². The van der Waals surface area contributed by atoms with Crippen molar-refractivity contribution in [1.82, 2.24) is 15.3 Å². The number of esters is 2. The Morgan fingerprint density at radius 2 is 1.50 bits per heavy atom. The van der Waals surface area contributed by atoms with Crippen molar-refractivity contribution < 1.29 is 57.7 Å². The normalized spacial score (nSPS) is 13.1. The molecular formula is C23H37N3O12. The van der Waals surface area contributed by atoms with Gasteiger partial charge in [-0.1, -0.05) is 0 Å². The maximum atomic E-state index is 12.2. The lowest BCUT2D eigenvalue weighted by molar-refractivity contribution is -0.198. The molecule has 0 bridgehead atoms. The SMILES string of the molecule is CC(=O)OCCN(CCOC(=O)CCCOCCOCCNC(=O)CCO)CC(=O)ON1C(=O)CCC1=O. The van der Waals surface area contributed by atoms with Gasteiger partial charge in [0.15, 0.2) is 0 Å². The Morgan fingerprint density at radius 1 is 0.868 bits per heavy atom. The number of aliphatic hydroxyl groups is 1. The Hall–Kier alpha value is -3.14. The summed E-state index contributed by atoms with van der Waals surface area (Å²) in [5.41, 5.74) is 0. The largest absolute Gasteiger partial charge is 0.465 e.